The van der Waals surface area contributed by atoms with Crippen molar-refractivity contribution in [1.82, 2.24) is 9.78 Å². The van der Waals surface area contributed by atoms with Crippen molar-refractivity contribution >= 4 is 22.0 Å². The molecule has 0 aliphatic rings. The standard InChI is InChI=1S/C6H7BrN2O2/c1-4-5(7)3-9(8-4)6(10)11-2/h3H,1-2H3. The maximum atomic E-state index is 10.8. The summed E-state index contributed by atoms with van der Waals surface area (Å²) in [7, 11) is 1.31. The van der Waals surface area contributed by atoms with Crippen LogP contribution in [0.3, 0.4) is 0 Å². The molecule has 0 aliphatic heterocycles. The van der Waals surface area contributed by atoms with Gasteiger partial charge in [0.25, 0.3) is 0 Å². The topological polar surface area (TPSA) is 44.1 Å². The molecule has 1 heterocycles. The van der Waals surface area contributed by atoms with Crippen LogP contribution in [-0.4, -0.2) is 23.0 Å². The van der Waals surface area contributed by atoms with Gasteiger partial charge in [0, 0.05) is 0 Å². The molecule has 0 fully saturated rings. The van der Waals surface area contributed by atoms with Crippen molar-refractivity contribution in [3.8, 4) is 0 Å². The highest BCUT2D eigenvalue weighted by Crippen LogP contribution is 2.12. The second kappa shape index (κ2) is 3.04. The summed E-state index contributed by atoms with van der Waals surface area (Å²) < 4.78 is 6.38. The normalized spacial score (nSPS) is 9.73. The third kappa shape index (κ3) is 1.59. The maximum Gasteiger partial charge on any atom is 0.434 e. The average Bonchev–Trinajstić information content (AvgIpc) is 2.31. The summed E-state index contributed by atoms with van der Waals surface area (Å²) >= 11 is 3.22. The summed E-state index contributed by atoms with van der Waals surface area (Å²) in [4.78, 5) is 10.8. The van der Waals surface area contributed by atoms with Crippen LogP contribution in [0.5, 0.6) is 0 Å². The fourth-order valence-corrected chi connectivity index (χ4v) is 0.899. The summed E-state index contributed by atoms with van der Waals surface area (Å²) in [5.74, 6) is 0. The Morgan fingerprint density at radius 1 is 1.82 bits per heavy atom. The molecule has 1 aromatic rings. The molecule has 0 bridgehead atoms. The molecule has 0 saturated heterocycles. The number of ether oxygens (including phenoxy) is 1. The van der Waals surface area contributed by atoms with E-state index in [1.807, 2.05) is 0 Å². The second-order valence-corrected chi connectivity index (χ2v) is 2.83. The van der Waals surface area contributed by atoms with Crippen molar-refractivity contribution in [2.45, 2.75) is 6.92 Å². The lowest BCUT2D eigenvalue weighted by Gasteiger charge is -1.94. The fourth-order valence-electron chi connectivity index (χ4n) is 0.626. The summed E-state index contributed by atoms with van der Waals surface area (Å²) in [6, 6.07) is 0. The van der Waals surface area contributed by atoms with Crippen LogP contribution < -0.4 is 0 Å². The van der Waals surface area contributed by atoms with Crippen LogP contribution in [0.1, 0.15) is 5.69 Å². The molecule has 0 radical (unpaired) electrons. The van der Waals surface area contributed by atoms with Crippen molar-refractivity contribution in [2.24, 2.45) is 0 Å². The lowest BCUT2D eigenvalue weighted by molar-refractivity contribution is 0.169. The lowest BCUT2D eigenvalue weighted by Crippen LogP contribution is -2.11. The van der Waals surface area contributed by atoms with Gasteiger partial charge in [-0.25, -0.2) is 4.79 Å². The van der Waals surface area contributed by atoms with Gasteiger partial charge in [0.2, 0.25) is 0 Å². The van der Waals surface area contributed by atoms with E-state index in [-0.39, 0.29) is 0 Å². The van der Waals surface area contributed by atoms with Gasteiger partial charge >= 0.3 is 6.09 Å². The molecule has 0 aromatic carbocycles. The van der Waals surface area contributed by atoms with Gasteiger partial charge in [0.05, 0.1) is 23.5 Å². The molecule has 0 spiro atoms. The van der Waals surface area contributed by atoms with Crippen LogP contribution in [0.25, 0.3) is 0 Å². The summed E-state index contributed by atoms with van der Waals surface area (Å²) in [5.41, 5.74) is 0.760. The highest BCUT2D eigenvalue weighted by molar-refractivity contribution is 9.10. The maximum absolute atomic E-state index is 10.8. The van der Waals surface area contributed by atoms with E-state index in [9.17, 15) is 4.79 Å². The average molecular weight is 219 g/mol. The van der Waals surface area contributed by atoms with E-state index in [1.165, 1.54) is 7.11 Å². The lowest BCUT2D eigenvalue weighted by atomic mass is 10.5. The number of halogens is 1. The molecular formula is C6H7BrN2O2. The van der Waals surface area contributed by atoms with E-state index < -0.39 is 6.09 Å². The highest BCUT2D eigenvalue weighted by atomic mass is 79.9. The number of hydrogen-bond donors (Lipinski definition) is 0. The first-order chi connectivity index (χ1) is 5.15. The molecule has 1 aromatic heterocycles. The Balaban J connectivity index is 2.97. The van der Waals surface area contributed by atoms with Gasteiger partial charge in [-0.3, -0.25) is 0 Å². The zero-order chi connectivity index (χ0) is 8.43. The summed E-state index contributed by atoms with van der Waals surface area (Å²) in [6.07, 6.45) is 1.07. The molecule has 0 amide bonds. The Morgan fingerprint density at radius 3 is 2.82 bits per heavy atom. The Hall–Kier alpha value is -0.840. The van der Waals surface area contributed by atoms with Gasteiger partial charge in [-0.1, -0.05) is 0 Å². The molecule has 4 nitrogen and oxygen atoms in total. The third-order valence-corrected chi connectivity index (χ3v) is 1.98. The summed E-state index contributed by atoms with van der Waals surface area (Å²) in [5, 5.41) is 3.88. The van der Waals surface area contributed by atoms with Gasteiger partial charge in [0.15, 0.2) is 0 Å². The molecule has 0 unspecified atom stereocenters. The van der Waals surface area contributed by atoms with Crippen LogP contribution in [-0.2, 0) is 4.74 Å². The molecule has 1 rings (SSSR count). The number of methoxy groups -OCH3 is 1. The first-order valence-electron chi connectivity index (χ1n) is 2.95. The third-order valence-electron chi connectivity index (χ3n) is 1.20. The molecule has 0 N–H and O–H groups in total. The molecule has 0 aliphatic carbocycles. The van der Waals surface area contributed by atoms with E-state index in [1.54, 1.807) is 13.1 Å². The van der Waals surface area contributed by atoms with Crippen LogP contribution in [0.4, 0.5) is 4.79 Å². The Labute approximate surface area is 72.3 Å². The first kappa shape index (κ1) is 8.26. The minimum absolute atomic E-state index is 0.487. The molecule has 0 saturated carbocycles. The van der Waals surface area contributed by atoms with Crippen molar-refractivity contribution in [1.29, 1.82) is 0 Å². The number of aromatic nitrogens is 2. The fraction of sp³-hybridized carbons (Fsp3) is 0.333. The van der Waals surface area contributed by atoms with E-state index in [0.29, 0.717) is 0 Å². The first-order valence-corrected chi connectivity index (χ1v) is 3.74. The number of hydrogen-bond acceptors (Lipinski definition) is 3. The predicted molar refractivity (Wildman–Crippen MR) is 42.5 cm³/mol. The molecule has 0 atom stereocenters. The number of nitrogens with zero attached hydrogens (tertiary/aromatic N) is 2. The minimum Gasteiger partial charge on any atom is -0.451 e. The molecule has 60 valence electrons. The Bertz CT molecular complexity index is 263. The SMILES string of the molecule is COC(=O)n1cc(Br)c(C)n1. The number of carbonyl (C=O) groups excluding carboxylic acids is 1. The quantitative estimate of drug-likeness (QED) is 0.665. The van der Waals surface area contributed by atoms with Crippen LogP contribution >= 0.6 is 15.9 Å². The second-order valence-electron chi connectivity index (χ2n) is 1.98. The van der Waals surface area contributed by atoms with Gasteiger partial charge in [-0.2, -0.15) is 9.78 Å². The van der Waals surface area contributed by atoms with E-state index in [2.05, 4.69) is 25.8 Å². The highest BCUT2D eigenvalue weighted by Gasteiger charge is 2.07. The largest absolute Gasteiger partial charge is 0.451 e. The number of carbonyl (C=O) groups is 1. The van der Waals surface area contributed by atoms with E-state index >= 15 is 0 Å². The van der Waals surface area contributed by atoms with Gasteiger partial charge in [-0.05, 0) is 22.9 Å². The molecular weight excluding hydrogens is 212 g/mol. The van der Waals surface area contributed by atoms with Crippen LogP contribution in [0, 0.1) is 6.92 Å². The van der Waals surface area contributed by atoms with Crippen molar-refractivity contribution in [3.05, 3.63) is 16.4 Å². The molecule has 11 heavy (non-hydrogen) atoms. The van der Waals surface area contributed by atoms with E-state index in [0.717, 1.165) is 14.8 Å². The van der Waals surface area contributed by atoms with Crippen LogP contribution in [0.15, 0.2) is 10.7 Å². The smallest absolute Gasteiger partial charge is 0.434 e. The van der Waals surface area contributed by atoms with E-state index in [4.69, 9.17) is 0 Å². The Morgan fingerprint density at radius 2 is 2.45 bits per heavy atom. The summed E-state index contributed by atoms with van der Waals surface area (Å²) in [6.45, 7) is 1.80. The monoisotopic (exact) mass is 218 g/mol. The van der Waals surface area contributed by atoms with Crippen molar-refractivity contribution < 1.29 is 9.53 Å². The Kier molecular flexibility index (Phi) is 2.28. The van der Waals surface area contributed by atoms with Crippen molar-refractivity contribution in [2.75, 3.05) is 7.11 Å². The number of aryl methyl sites for hydroxylation is 1. The van der Waals surface area contributed by atoms with Gasteiger partial charge in [0.1, 0.15) is 0 Å². The van der Waals surface area contributed by atoms with Crippen LogP contribution in [0.2, 0.25) is 0 Å². The predicted octanol–water partition coefficient (Wildman–Crippen LogP) is 1.57. The minimum atomic E-state index is -0.487. The number of rotatable bonds is 0. The zero-order valence-electron chi connectivity index (χ0n) is 6.17. The zero-order valence-corrected chi connectivity index (χ0v) is 7.75. The molecule has 5 heteroatoms. The van der Waals surface area contributed by atoms with Crippen molar-refractivity contribution in [3.63, 3.8) is 0 Å². The van der Waals surface area contributed by atoms with Gasteiger partial charge in [-0.15, -0.1) is 0 Å². The van der Waals surface area contributed by atoms with Gasteiger partial charge < -0.3 is 4.74 Å².